The van der Waals surface area contributed by atoms with Crippen LogP contribution in [0.1, 0.15) is 35.2 Å². The summed E-state index contributed by atoms with van der Waals surface area (Å²) in [6.07, 6.45) is 0.939. The van der Waals surface area contributed by atoms with Crippen LogP contribution in [-0.2, 0) is 11.2 Å². The van der Waals surface area contributed by atoms with Crippen LogP contribution in [0.3, 0.4) is 0 Å². The average Bonchev–Trinajstić information content (AvgIpc) is 3.27. The van der Waals surface area contributed by atoms with Crippen molar-refractivity contribution in [2.75, 3.05) is 17.7 Å². The number of hydrogen-bond donors (Lipinski definition) is 2. The van der Waals surface area contributed by atoms with Crippen molar-refractivity contribution in [1.82, 2.24) is 14.8 Å². The fourth-order valence-electron chi connectivity index (χ4n) is 4.20. The van der Waals surface area contributed by atoms with Crippen LogP contribution in [0.25, 0.3) is 0 Å². The van der Waals surface area contributed by atoms with Gasteiger partial charge in [0.25, 0.3) is 5.95 Å². The van der Waals surface area contributed by atoms with Gasteiger partial charge in [-0.3, -0.25) is 10.1 Å². The fraction of sp³-hybridized carbons (Fsp3) is 0.192. The van der Waals surface area contributed by atoms with Gasteiger partial charge >= 0.3 is 0 Å². The van der Waals surface area contributed by atoms with Crippen LogP contribution in [0.4, 0.5) is 11.9 Å². The molecule has 0 spiro atoms. The standard InChI is InChI=1S/C26H23Cl2N5O2/c1-35-21-12-2-16(3-13-21)14-24(34)30-25-31-26-29-22(17-4-8-19(27)9-5-17)15-23(33(26)32-25)18-6-10-20(28)11-7-18/h2-13,22-23H,14-15H2,1H3,(H2,29,30,31,32,34)/t22-,23+/m1/s1. The number of nitrogens with zero attached hydrogens (tertiary/aromatic N) is 3. The molecule has 1 amide bonds. The molecule has 3 aromatic carbocycles. The summed E-state index contributed by atoms with van der Waals surface area (Å²) in [6, 6.07) is 22.7. The number of nitrogens with one attached hydrogen (secondary N) is 2. The molecule has 5 rings (SSSR count). The van der Waals surface area contributed by atoms with Crippen molar-refractivity contribution in [3.05, 3.63) is 99.5 Å². The highest BCUT2D eigenvalue weighted by Crippen LogP contribution is 2.38. The van der Waals surface area contributed by atoms with Gasteiger partial charge in [0.05, 0.1) is 25.6 Å². The second-order valence-electron chi connectivity index (χ2n) is 8.33. The quantitative estimate of drug-likeness (QED) is 0.338. The first-order valence-corrected chi connectivity index (χ1v) is 11.9. The predicted molar refractivity (Wildman–Crippen MR) is 137 cm³/mol. The molecule has 0 radical (unpaired) electrons. The summed E-state index contributed by atoms with van der Waals surface area (Å²) >= 11 is 12.2. The molecule has 0 bridgehead atoms. The number of fused-ring (bicyclic) bond motifs is 1. The zero-order valence-electron chi connectivity index (χ0n) is 18.9. The molecular formula is C26H23Cl2N5O2. The van der Waals surface area contributed by atoms with Gasteiger partial charge in [-0.1, -0.05) is 59.6 Å². The van der Waals surface area contributed by atoms with Crippen LogP contribution in [0.15, 0.2) is 72.8 Å². The Bertz CT molecular complexity index is 1320. The molecule has 2 atom stereocenters. The van der Waals surface area contributed by atoms with Crippen molar-refractivity contribution < 1.29 is 9.53 Å². The van der Waals surface area contributed by atoms with Gasteiger partial charge in [-0.15, -0.1) is 5.10 Å². The van der Waals surface area contributed by atoms with E-state index in [2.05, 4.69) is 20.7 Å². The number of carbonyl (C=O) groups excluding carboxylic acids is 1. The molecule has 178 valence electrons. The average molecular weight is 508 g/mol. The van der Waals surface area contributed by atoms with Crippen LogP contribution in [0.5, 0.6) is 5.75 Å². The van der Waals surface area contributed by atoms with Gasteiger partial charge in [0.2, 0.25) is 11.9 Å². The number of amides is 1. The van der Waals surface area contributed by atoms with E-state index in [0.717, 1.165) is 28.9 Å². The highest BCUT2D eigenvalue weighted by atomic mass is 35.5. The Labute approximate surface area is 213 Å². The van der Waals surface area contributed by atoms with E-state index < -0.39 is 0 Å². The number of hydrogen-bond acceptors (Lipinski definition) is 5. The highest BCUT2D eigenvalue weighted by molar-refractivity contribution is 6.30. The first-order chi connectivity index (χ1) is 17.0. The molecule has 1 aromatic heterocycles. The van der Waals surface area contributed by atoms with Crippen LogP contribution < -0.4 is 15.4 Å². The Kier molecular flexibility index (Phi) is 6.61. The molecule has 0 unspecified atom stereocenters. The molecule has 4 aromatic rings. The topological polar surface area (TPSA) is 81.1 Å². The first-order valence-electron chi connectivity index (χ1n) is 11.2. The van der Waals surface area contributed by atoms with Gasteiger partial charge < -0.3 is 10.1 Å². The van der Waals surface area contributed by atoms with E-state index in [4.69, 9.17) is 27.9 Å². The van der Waals surface area contributed by atoms with E-state index in [9.17, 15) is 4.79 Å². The van der Waals surface area contributed by atoms with Gasteiger partial charge in [0, 0.05) is 10.0 Å². The highest BCUT2D eigenvalue weighted by Gasteiger charge is 2.31. The molecule has 0 fully saturated rings. The lowest BCUT2D eigenvalue weighted by Gasteiger charge is -2.31. The minimum absolute atomic E-state index is 0.00695. The third kappa shape index (κ3) is 5.26. The van der Waals surface area contributed by atoms with Crippen LogP contribution in [-0.4, -0.2) is 27.8 Å². The summed E-state index contributed by atoms with van der Waals surface area (Å²) in [5.41, 5.74) is 3.01. The third-order valence-corrected chi connectivity index (χ3v) is 6.49. The predicted octanol–water partition coefficient (Wildman–Crippen LogP) is 5.92. The lowest BCUT2D eigenvalue weighted by Crippen LogP contribution is -2.28. The summed E-state index contributed by atoms with van der Waals surface area (Å²) in [5, 5.41) is 12.3. The normalized spacial score (nSPS) is 16.8. The van der Waals surface area contributed by atoms with E-state index >= 15 is 0 Å². The van der Waals surface area contributed by atoms with Crippen LogP contribution >= 0.6 is 23.2 Å². The molecule has 35 heavy (non-hydrogen) atoms. The van der Waals surface area contributed by atoms with E-state index in [0.29, 0.717) is 16.0 Å². The lowest BCUT2D eigenvalue weighted by atomic mass is 9.93. The number of halogens is 2. The zero-order valence-corrected chi connectivity index (χ0v) is 20.4. The van der Waals surface area contributed by atoms with Crippen molar-refractivity contribution >= 4 is 41.0 Å². The zero-order chi connectivity index (χ0) is 24.4. The Hall–Kier alpha value is -3.55. The van der Waals surface area contributed by atoms with Crippen molar-refractivity contribution in [3.63, 3.8) is 0 Å². The largest absolute Gasteiger partial charge is 0.497 e. The lowest BCUT2D eigenvalue weighted by molar-refractivity contribution is -0.115. The summed E-state index contributed by atoms with van der Waals surface area (Å²) < 4.78 is 6.99. The Morgan fingerprint density at radius 2 is 1.63 bits per heavy atom. The van der Waals surface area contributed by atoms with E-state index in [-0.39, 0.29) is 30.4 Å². The van der Waals surface area contributed by atoms with Gasteiger partial charge in [-0.2, -0.15) is 4.98 Å². The molecule has 0 saturated heterocycles. The van der Waals surface area contributed by atoms with Gasteiger partial charge in [-0.05, 0) is 59.5 Å². The number of ether oxygens (including phenoxy) is 1. The summed E-state index contributed by atoms with van der Waals surface area (Å²) in [7, 11) is 1.61. The number of aromatic nitrogens is 3. The molecule has 2 N–H and O–H groups in total. The SMILES string of the molecule is COc1ccc(CC(=O)Nc2nc3n(n2)[C@H](c2ccc(Cl)cc2)C[C@H](c2ccc(Cl)cc2)N3)cc1. The number of benzene rings is 3. The number of methoxy groups -OCH3 is 1. The maximum absolute atomic E-state index is 12.7. The maximum Gasteiger partial charge on any atom is 0.250 e. The van der Waals surface area contributed by atoms with Gasteiger partial charge in [0.1, 0.15) is 5.75 Å². The Morgan fingerprint density at radius 1 is 1.00 bits per heavy atom. The second kappa shape index (κ2) is 9.98. The fourth-order valence-corrected chi connectivity index (χ4v) is 4.46. The molecule has 7 nitrogen and oxygen atoms in total. The molecule has 0 saturated carbocycles. The Balaban J connectivity index is 1.40. The third-order valence-electron chi connectivity index (χ3n) is 5.99. The van der Waals surface area contributed by atoms with Crippen molar-refractivity contribution in [1.29, 1.82) is 0 Å². The maximum atomic E-state index is 12.7. The van der Waals surface area contributed by atoms with E-state index in [1.54, 1.807) is 7.11 Å². The van der Waals surface area contributed by atoms with Gasteiger partial charge in [0.15, 0.2) is 0 Å². The molecule has 2 heterocycles. The van der Waals surface area contributed by atoms with Crippen LogP contribution in [0, 0.1) is 0 Å². The van der Waals surface area contributed by atoms with E-state index in [1.807, 2.05) is 77.5 Å². The number of carbonyl (C=O) groups is 1. The molecular weight excluding hydrogens is 485 g/mol. The number of anilines is 2. The van der Waals surface area contributed by atoms with Crippen LogP contribution in [0.2, 0.25) is 10.0 Å². The molecule has 9 heteroatoms. The van der Waals surface area contributed by atoms with Gasteiger partial charge in [-0.25, -0.2) is 4.68 Å². The monoisotopic (exact) mass is 507 g/mol. The number of rotatable bonds is 6. The molecule has 0 aliphatic carbocycles. The van der Waals surface area contributed by atoms with Crippen molar-refractivity contribution in [2.45, 2.75) is 24.9 Å². The second-order valence-corrected chi connectivity index (χ2v) is 9.20. The smallest absolute Gasteiger partial charge is 0.250 e. The van der Waals surface area contributed by atoms with E-state index in [1.165, 1.54) is 0 Å². The van der Waals surface area contributed by atoms with Crippen molar-refractivity contribution in [3.8, 4) is 5.75 Å². The molecule has 1 aliphatic rings. The minimum Gasteiger partial charge on any atom is -0.497 e. The minimum atomic E-state index is -0.199. The first kappa shape index (κ1) is 23.2. The summed E-state index contributed by atoms with van der Waals surface area (Å²) in [5.74, 6) is 1.38. The molecule has 1 aliphatic heterocycles. The Morgan fingerprint density at radius 3 is 2.26 bits per heavy atom. The summed E-state index contributed by atoms with van der Waals surface area (Å²) in [4.78, 5) is 17.3. The van der Waals surface area contributed by atoms with Crippen molar-refractivity contribution in [2.24, 2.45) is 0 Å². The summed E-state index contributed by atoms with van der Waals surface area (Å²) in [6.45, 7) is 0.